The summed E-state index contributed by atoms with van der Waals surface area (Å²) < 4.78 is 16.3. The maximum atomic E-state index is 5.49. The van der Waals surface area contributed by atoms with Crippen molar-refractivity contribution in [3.8, 4) is 0 Å². The molecule has 0 rings (SSSR count). The molecular weight excluding hydrogens is 232 g/mol. The third-order valence-electron chi connectivity index (χ3n) is 2.33. The molecule has 0 amide bonds. The summed E-state index contributed by atoms with van der Waals surface area (Å²) in [5, 5.41) is 0. The normalized spacial score (nSPS) is 10.9. The first kappa shape index (κ1) is 17.1. The first-order valence-corrected chi connectivity index (χ1v) is 8.03. The minimum absolute atomic E-state index is 0.643. The van der Waals surface area contributed by atoms with E-state index in [0.717, 1.165) is 19.6 Å². The van der Waals surface area contributed by atoms with E-state index in [1.807, 2.05) is 0 Å². The summed E-state index contributed by atoms with van der Waals surface area (Å²) in [5.74, 6) is 0. The number of hydrogen-bond donors (Lipinski definition) is 0. The van der Waals surface area contributed by atoms with Crippen LogP contribution >= 0.6 is 0 Å². The highest BCUT2D eigenvalue weighted by Crippen LogP contribution is 1.98. The molecular formula is C13H28O3Si. The van der Waals surface area contributed by atoms with E-state index in [-0.39, 0.29) is 0 Å². The zero-order chi connectivity index (χ0) is 12.6. The molecule has 0 bridgehead atoms. The Balaban J connectivity index is 2.85. The van der Waals surface area contributed by atoms with Gasteiger partial charge in [0.05, 0.1) is 26.4 Å². The Morgan fingerprint density at radius 2 is 1.35 bits per heavy atom. The van der Waals surface area contributed by atoms with Crippen molar-refractivity contribution >= 4 is 9.76 Å². The molecule has 0 heterocycles. The molecule has 0 aromatic rings. The number of rotatable bonds is 14. The maximum absolute atomic E-state index is 5.49. The van der Waals surface area contributed by atoms with Crippen molar-refractivity contribution in [1.29, 1.82) is 0 Å². The molecule has 0 aliphatic heterocycles. The Morgan fingerprint density at radius 1 is 0.706 bits per heavy atom. The van der Waals surface area contributed by atoms with Gasteiger partial charge in [0.2, 0.25) is 9.76 Å². The van der Waals surface area contributed by atoms with E-state index in [2.05, 4.69) is 13.8 Å². The largest absolute Gasteiger partial charge is 0.415 e. The Morgan fingerprint density at radius 3 is 2.06 bits per heavy atom. The predicted molar refractivity (Wildman–Crippen MR) is 72.6 cm³/mol. The Kier molecular flexibility index (Phi) is 16.2. The van der Waals surface area contributed by atoms with Crippen LogP contribution in [0.4, 0.5) is 0 Å². The van der Waals surface area contributed by atoms with Gasteiger partial charge in [-0.05, 0) is 12.5 Å². The Labute approximate surface area is 109 Å². The van der Waals surface area contributed by atoms with Crippen molar-refractivity contribution in [1.82, 2.24) is 0 Å². The highest BCUT2D eigenvalue weighted by atomic mass is 28.2. The molecule has 3 nitrogen and oxygen atoms in total. The average Bonchev–Trinajstić information content (AvgIpc) is 2.35. The topological polar surface area (TPSA) is 27.7 Å². The highest BCUT2D eigenvalue weighted by Gasteiger charge is 1.93. The van der Waals surface area contributed by atoms with Gasteiger partial charge in [0.1, 0.15) is 0 Å². The van der Waals surface area contributed by atoms with Gasteiger partial charge < -0.3 is 13.9 Å². The van der Waals surface area contributed by atoms with Crippen molar-refractivity contribution < 1.29 is 13.9 Å². The van der Waals surface area contributed by atoms with Crippen LogP contribution in [0.15, 0.2) is 0 Å². The summed E-state index contributed by atoms with van der Waals surface area (Å²) in [6, 6.07) is 1.20. The van der Waals surface area contributed by atoms with E-state index in [1.54, 1.807) is 0 Å². The summed E-state index contributed by atoms with van der Waals surface area (Å²) in [4.78, 5) is 0. The van der Waals surface area contributed by atoms with E-state index < -0.39 is 0 Å². The molecule has 0 saturated heterocycles. The van der Waals surface area contributed by atoms with Gasteiger partial charge in [-0.15, -0.1) is 0 Å². The Bertz CT molecular complexity index is 120. The molecule has 0 aromatic heterocycles. The molecule has 0 atom stereocenters. The van der Waals surface area contributed by atoms with Gasteiger partial charge in [0, 0.05) is 6.61 Å². The molecule has 0 fully saturated rings. The maximum Gasteiger partial charge on any atom is 0.229 e. The van der Waals surface area contributed by atoms with Gasteiger partial charge >= 0.3 is 0 Å². The minimum atomic E-state index is 0.643. The molecule has 17 heavy (non-hydrogen) atoms. The van der Waals surface area contributed by atoms with Gasteiger partial charge in [-0.3, -0.25) is 0 Å². The van der Waals surface area contributed by atoms with E-state index in [1.165, 1.54) is 31.7 Å². The van der Waals surface area contributed by atoms with Crippen molar-refractivity contribution in [2.75, 3.05) is 33.0 Å². The fraction of sp³-hybridized carbons (Fsp3) is 1.00. The minimum Gasteiger partial charge on any atom is -0.415 e. The van der Waals surface area contributed by atoms with Crippen LogP contribution in [0.3, 0.4) is 0 Å². The standard InChI is InChI=1S/C13H28O3Si/c1-3-5-7-13-17-16-12-11-15-10-9-14-8-6-4-2/h3-13H2,1-2H3. The lowest BCUT2D eigenvalue weighted by molar-refractivity contribution is 0.0359. The van der Waals surface area contributed by atoms with Gasteiger partial charge in [-0.2, -0.15) is 0 Å². The molecule has 4 heteroatoms. The monoisotopic (exact) mass is 260 g/mol. The van der Waals surface area contributed by atoms with Crippen molar-refractivity contribution in [3.05, 3.63) is 0 Å². The van der Waals surface area contributed by atoms with Crippen LogP contribution in [-0.4, -0.2) is 42.8 Å². The zero-order valence-corrected chi connectivity index (χ0v) is 12.5. The molecule has 0 aliphatic carbocycles. The summed E-state index contributed by atoms with van der Waals surface area (Å²) in [6.45, 7) is 8.05. The number of ether oxygens (including phenoxy) is 2. The smallest absolute Gasteiger partial charge is 0.229 e. The lowest BCUT2D eigenvalue weighted by atomic mass is 10.3. The van der Waals surface area contributed by atoms with Crippen LogP contribution in [0.25, 0.3) is 0 Å². The Hall–Kier alpha value is 0.0969. The lowest BCUT2D eigenvalue weighted by Crippen LogP contribution is -2.11. The third kappa shape index (κ3) is 16.1. The third-order valence-corrected chi connectivity index (χ3v) is 3.29. The second-order valence-electron chi connectivity index (χ2n) is 4.03. The van der Waals surface area contributed by atoms with Crippen molar-refractivity contribution in [3.63, 3.8) is 0 Å². The molecule has 102 valence electrons. The molecule has 0 aliphatic rings. The predicted octanol–water partition coefficient (Wildman–Crippen LogP) is 3.06. The fourth-order valence-corrected chi connectivity index (χ4v) is 2.03. The van der Waals surface area contributed by atoms with Crippen LogP contribution in [-0.2, 0) is 13.9 Å². The van der Waals surface area contributed by atoms with E-state index >= 15 is 0 Å². The molecule has 0 aromatic carbocycles. The SMILES string of the molecule is CCCCC[Si]OCCOCCOCCCC. The van der Waals surface area contributed by atoms with E-state index in [4.69, 9.17) is 13.9 Å². The van der Waals surface area contributed by atoms with Gasteiger partial charge in [0.25, 0.3) is 0 Å². The summed E-state index contributed by atoms with van der Waals surface area (Å²) >= 11 is 0. The van der Waals surface area contributed by atoms with E-state index in [9.17, 15) is 0 Å². The van der Waals surface area contributed by atoms with E-state index in [0.29, 0.717) is 29.6 Å². The quantitative estimate of drug-likeness (QED) is 0.355. The second-order valence-corrected chi connectivity index (χ2v) is 5.11. The fourth-order valence-electron chi connectivity index (χ4n) is 1.26. The van der Waals surface area contributed by atoms with Crippen LogP contribution in [0.5, 0.6) is 0 Å². The van der Waals surface area contributed by atoms with Crippen molar-refractivity contribution in [2.45, 2.75) is 52.0 Å². The molecule has 0 saturated carbocycles. The van der Waals surface area contributed by atoms with Crippen LogP contribution in [0.2, 0.25) is 6.04 Å². The van der Waals surface area contributed by atoms with Crippen LogP contribution in [0.1, 0.15) is 46.0 Å². The van der Waals surface area contributed by atoms with Crippen LogP contribution < -0.4 is 0 Å². The molecule has 0 spiro atoms. The summed E-state index contributed by atoms with van der Waals surface area (Å²) in [5.41, 5.74) is 0. The van der Waals surface area contributed by atoms with Gasteiger partial charge in [-0.25, -0.2) is 0 Å². The number of unbranched alkanes of at least 4 members (excludes halogenated alkanes) is 3. The van der Waals surface area contributed by atoms with Crippen LogP contribution in [0, 0.1) is 0 Å². The summed E-state index contributed by atoms with van der Waals surface area (Å²) in [7, 11) is 0.643. The van der Waals surface area contributed by atoms with Crippen molar-refractivity contribution in [2.24, 2.45) is 0 Å². The summed E-state index contributed by atoms with van der Waals surface area (Å²) in [6.07, 6.45) is 6.23. The first-order valence-electron chi connectivity index (χ1n) is 6.92. The second kappa shape index (κ2) is 16.1. The molecule has 0 unspecified atom stereocenters. The number of hydrogen-bond acceptors (Lipinski definition) is 3. The highest BCUT2D eigenvalue weighted by molar-refractivity contribution is 6.26. The zero-order valence-electron chi connectivity index (χ0n) is 11.5. The lowest BCUT2D eigenvalue weighted by Gasteiger charge is -2.06. The molecule has 2 radical (unpaired) electrons. The van der Waals surface area contributed by atoms with Gasteiger partial charge in [0.15, 0.2) is 0 Å². The van der Waals surface area contributed by atoms with Gasteiger partial charge in [-0.1, -0.05) is 39.5 Å². The molecule has 0 N–H and O–H groups in total. The first-order chi connectivity index (χ1) is 8.41. The average molecular weight is 260 g/mol.